The first-order valence-corrected chi connectivity index (χ1v) is 9.58. The summed E-state index contributed by atoms with van der Waals surface area (Å²) in [7, 11) is 1.66. The molecule has 1 aliphatic rings. The van der Waals surface area contributed by atoms with Crippen LogP contribution in [0.5, 0.6) is 0 Å². The summed E-state index contributed by atoms with van der Waals surface area (Å²) in [5.41, 5.74) is 1.65. The molecule has 2 aromatic carbocycles. The van der Waals surface area contributed by atoms with Crippen molar-refractivity contribution >= 4 is 11.8 Å². The van der Waals surface area contributed by atoms with Crippen molar-refractivity contribution in [2.24, 2.45) is 0 Å². The molecular formula is C22H26FN3O2. The van der Waals surface area contributed by atoms with Gasteiger partial charge in [-0.1, -0.05) is 30.3 Å². The van der Waals surface area contributed by atoms with Gasteiger partial charge in [0.2, 0.25) is 5.91 Å². The highest BCUT2D eigenvalue weighted by molar-refractivity contribution is 5.96. The third-order valence-corrected chi connectivity index (χ3v) is 5.00. The van der Waals surface area contributed by atoms with E-state index >= 15 is 0 Å². The average Bonchev–Trinajstić information content (AvgIpc) is 2.95. The fraction of sp³-hybridized carbons (Fsp3) is 0.364. The Morgan fingerprint density at radius 2 is 1.68 bits per heavy atom. The molecule has 28 heavy (non-hydrogen) atoms. The number of amides is 2. The van der Waals surface area contributed by atoms with Gasteiger partial charge in [-0.05, 0) is 36.2 Å². The van der Waals surface area contributed by atoms with Crippen molar-refractivity contribution in [1.82, 2.24) is 14.7 Å². The molecule has 0 bridgehead atoms. The molecule has 0 radical (unpaired) electrons. The number of hydrogen-bond donors (Lipinski definition) is 0. The van der Waals surface area contributed by atoms with Crippen LogP contribution in [0.4, 0.5) is 4.39 Å². The molecule has 1 saturated heterocycles. The molecule has 1 heterocycles. The second kappa shape index (κ2) is 9.46. The van der Waals surface area contributed by atoms with Gasteiger partial charge >= 0.3 is 0 Å². The summed E-state index contributed by atoms with van der Waals surface area (Å²) in [4.78, 5) is 30.7. The van der Waals surface area contributed by atoms with Crippen LogP contribution in [0.25, 0.3) is 0 Å². The van der Waals surface area contributed by atoms with Crippen molar-refractivity contribution in [3.63, 3.8) is 0 Å². The van der Waals surface area contributed by atoms with Gasteiger partial charge in [-0.3, -0.25) is 14.5 Å². The van der Waals surface area contributed by atoms with Gasteiger partial charge in [0.25, 0.3) is 5.91 Å². The molecule has 2 aromatic rings. The van der Waals surface area contributed by atoms with E-state index < -0.39 is 0 Å². The smallest absolute Gasteiger partial charge is 0.254 e. The number of carbonyl (C=O) groups excluding carboxylic acids is 2. The molecular weight excluding hydrogens is 357 g/mol. The first-order chi connectivity index (χ1) is 13.5. The van der Waals surface area contributed by atoms with Crippen LogP contribution < -0.4 is 0 Å². The molecule has 0 N–H and O–H groups in total. The Hall–Kier alpha value is -2.73. The van der Waals surface area contributed by atoms with E-state index in [9.17, 15) is 14.0 Å². The lowest BCUT2D eigenvalue weighted by Gasteiger charge is -2.25. The fourth-order valence-electron chi connectivity index (χ4n) is 3.40. The summed E-state index contributed by atoms with van der Waals surface area (Å²) in [6.07, 6.45) is 0.878. The van der Waals surface area contributed by atoms with Gasteiger partial charge in [0, 0.05) is 45.3 Å². The van der Waals surface area contributed by atoms with Crippen LogP contribution in [0.3, 0.4) is 0 Å². The maximum absolute atomic E-state index is 13.1. The summed E-state index contributed by atoms with van der Waals surface area (Å²) < 4.78 is 13.1. The number of halogens is 1. The molecule has 148 valence electrons. The fourth-order valence-corrected chi connectivity index (χ4v) is 3.40. The molecule has 0 atom stereocenters. The summed E-state index contributed by atoms with van der Waals surface area (Å²) in [6.45, 7) is 3.79. The minimum Gasteiger partial charge on any atom is -0.340 e. The number of carbonyl (C=O) groups is 2. The molecule has 3 rings (SSSR count). The molecule has 0 aliphatic carbocycles. The minimum absolute atomic E-state index is 0.0320. The van der Waals surface area contributed by atoms with Crippen LogP contribution in [-0.4, -0.2) is 66.3 Å². The van der Waals surface area contributed by atoms with Crippen molar-refractivity contribution in [2.45, 2.75) is 13.0 Å². The molecule has 1 fully saturated rings. The van der Waals surface area contributed by atoms with Crippen molar-refractivity contribution in [3.8, 4) is 0 Å². The van der Waals surface area contributed by atoms with Gasteiger partial charge in [-0.25, -0.2) is 4.39 Å². The highest BCUT2D eigenvalue weighted by Gasteiger charge is 2.22. The maximum Gasteiger partial charge on any atom is 0.254 e. The van der Waals surface area contributed by atoms with Crippen molar-refractivity contribution in [2.75, 3.05) is 39.8 Å². The normalized spacial score (nSPS) is 15.1. The zero-order valence-electron chi connectivity index (χ0n) is 16.2. The Balaban J connectivity index is 1.51. The molecule has 0 aromatic heterocycles. The molecule has 2 amide bonds. The van der Waals surface area contributed by atoms with Crippen LogP contribution in [0.15, 0.2) is 54.6 Å². The van der Waals surface area contributed by atoms with E-state index in [2.05, 4.69) is 4.90 Å². The Morgan fingerprint density at radius 3 is 2.39 bits per heavy atom. The van der Waals surface area contributed by atoms with Crippen LogP contribution in [0.2, 0.25) is 0 Å². The highest BCUT2D eigenvalue weighted by atomic mass is 19.1. The molecule has 6 heteroatoms. The van der Waals surface area contributed by atoms with Gasteiger partial charge in [0.1, 0.15) is 5.82 Å². The van der Waals surface area contributed by atoms with Gasteiger partial charge in [0.05, 0.1) is 6.54 Å². The van der Waals surface area contributed by atoms with E-state index in [0.29, 0.717) is 18.7 Å². The summed E-state index contributed by atoms with van der Waals surface area (Å²) in [5.74, 6) is -0.414. The second-order valence-electron chi connectivity index (χ2n) is 7.16. The summed E-state index contributed by atoms with van der Waals surface area (Å²) in [6, 6.07) is 15.5. The minimum atomic E-state index is -0.231. The predicted octanol–water partition coefficient (Wildman–Crippen LogP) is 2.63. The lowest BCUT2D eigenvalue weighted by atomic mass is 10.2. The topological polar surface area (TPSA) is 43.9 Å². The lowest BCUT2D eigenvalue weighted by Crippen LogP contribution is -2.42. The number of nitrogens with zero attached hydrogens (tertiary/aromatic N) is 3. The van der Waals surface area contributed by atoms with Crippen molar-refractivity contribution in [1.29, 1.82) is 0 Å². The number of benzene rings is 2. The van der Waals surface area contributed by atoms with E-state index in [1.54, 1.807) is 31.3 Å². The van der Waals surface area contributed by atoms with E-state index in [0.717, 1.165) is 31.6 Å². The Bertz CT molecular complexity index is 795. The monoisotopic (exact) mass is 383 g/mol. The summed E-state index contributed by atoms with van der Waals surface area (Å²) in [5, 5.41) is 0. The molecule has 1 aliphatic heterocycles. The van der Waals surface area contributed by atoms with Crippen molar-refractivity contribution < 1.29 is 14.0 Å². The molecule has 0 unspecified atom stereocenters. The lowest BCUT2D eigenvalue weighted by molar-refractivity contribution is -0.131. The van der Waals surface area contributed by atoms with Gasteiger partial charge in [-0.15, -0.1) is 0 Å². The van der Waals surface area contributed by atoms with Crippen molar-refractivity contribution in [3.05, 3.63) is 71.5 Å². The number of rotatable bonds is 5. The van der Waals surface area contributed by atoms with Crippen LogP contribution in [0, 0.1) is 5.82 Å². The van der Waals surface area contributed by atoms with Gasteiger partial charge < -0.3 is 9.80 Å². The first-order valence-electron chi connectivity index (χ1n) is 9.58. The maximum atomic E-state index is 13.1. The SMILES string of the molecule is CN(CC(=O)N1CCCN(Cc2ccc(F)cc2)CC1)C(=O)c1ccccc1. The highest BCUT2D eigenvalue weighted by Crippen LogP contribution is 2.11. The first kappa shape index (κ1) is 20.0. The third-order valence-electron chi connectivity index (χ3n) is 5.00. The van der Waals surface area contributed by atoms with E-state index in [-0.39, 0.29) is 24.2 Å². The third kappa shape index (κ3) is 5.39. The Morgan fingerprint density at radius 1 is 0.964 bits per heavy atom. The van der Waals surface area contributed by atoms with Crippen LogP contribution in [0.1, 0.15) is 22.3 Å². The Labute approximate surface area is 165 Å². The van der Waals surface area contributed by atoms with E-state index in [4.69, 9.17) is 0 Å². The van der Waals surface area contributed by atoms with Crippen LogP contribution in [-0.2, 0) is 11.3 Å². The number of likely N-dealkylation sites (N-methyl/N-ethyl adjacent to an activating group) is 1. The second-order valence-corrected chi connectivity index (χ2v) is 7.16. The quantitative estimate of drug-likeness (QED) is 0.797. The average molecular weight is 383 g/mol. The zero-order chi connectivity index (χ0) is 19.9. The number of hydrogen-bond acceptors (Lipinski definition) is 3. The largest absolute Gasteiger partial charge is 0.340 e. The predicted molar refractivity (Wildman–Crippen MR) is 106 cm³/mol. The summed E-state index contributed by atoms with van der Waals surface area (Å²) >= 11 is 0. The van der Waals surface area contributed by atoms with E-state index in [1.165, 1.54) is 17.0 Å². The van der Waals surface area contributed by atoms with E-state index in [1.807, 2.05) is 23.1 Å². The standard InChI is InChI=1S/C22H26FN3O2/c1-24(22(28)19-6-3-2-4-7-19)17-21(27)26-13-5-12-25(14-15-26)16-18-8-10-20(23)11-9-18/h2-4,6-11H,5,12-17H2,1H3. The Kier molecular flexibility index (Phi) is 6.76. The van der Waals surface area contributed by atoms with Crippen LogP contribution >= 0.6 is 0 Å². The molecule has 0 spiro atoms. The van der Waals surface area contributed by atoms with Gasteiger partial charge in [0.15, 0.2) is 0 Å². The molecule has 0 saturated carbocycles. The molecule has 5 nitrogen and oxygen atoms in total. The zero-order valence-corrected chi connectivity index (χ0v) is 16.2. The van der Waals surface area contributed by atoms with Gasteiger partial charge in [-0.2, -0.15) is 0 Å².